The van der Waals surface area contributed by atoms with Gasteiger partial charge in [0.2, 0.25) is 5.91 Å². The summed E-state index contributed by atoms with van der Waals surface area (Å²) in [5, 5.41) is 3.72. The zero-order chi connectivity index (χ0) is 24.5. The van der Waals surface area contributed by atoms with Crippen molar-refractivity contribution in [3.05, 3.63) is 36.0 Å². The summed E-state index contributed by atoms with van der Waals surface area (Å²) in [6.07, 6.45) is 0.443. The first-order valence-corrected chi connectivity index (χ1v) is 12.3. The van der Waals surface area contributed by atoms with Crippen LogP contribution in [0.3, 0.4) is 0 Å². The van der Waals surface area contributed by atoms with Gasteiger partial charge >= 0.3 is 6.18 Å². The van der Waals surface area contributed by atoms with Gasteiger partial charge in [-0.05, 0) is 82.3 Å². The third-order valence-corrected chi connectivity index (χ3v) is 7.27. The van der Waals surface area contributed by atoms with Gasteiger partial charge in [0, 0.05) is 48.9 Å². The van der Waals surface area contributed by atoms with Gasteiger partial charge in [-0.2, -0.15) is 13.2 Å². The Kier molecular flexibility index (Phi) is 7.36. The Morgan fingerprint density at radius 2 is 1.91 bits per heavy atom. The van der Waals surface area contributed by atoms with Crippen LogP contribution in [0.1, 0.15) is 52.0 Å². The summed E-state index contributed by atoms with van der Waals surface area (Å²) >= 11 is 0. The Hall–Kier alpha value is -2.35. The molecule has 1 aromatic carbocycles. The lowest BCUT2D eigenvalue weighted by Crippen LogP contribution is -2.51. The fraction of sp³-hybridized carbons (Fsp3) is 0.615. The van der Waals surface area contributed by atoms with E-state index in [0.29, 0.717) is 36.2 Å². The van der Waals surface area contributed by atoms with E-state index in [9.17, 15) is 18.0 Å². The predicted octanol–water partition coefficient (Wildman–Crippen LogP) is 5.10. The van der Waals surface area contributed by atoms with Crippen molar-refractivity contribution in [3.8, 4) is 0 Å². The summed E-state index contributed by atoms with van der Waals surface area (Å²) < 4.78 is 40.5. The summed E-state index contributed by atoms with van der Waals surface area (Å²) in [5.41, 5.74) is -0.00714. The number of hydrogen-bond donors (Lipinski definition) is 1. The average Bonchev–Trinajstić information content (AvgIpc) is 2.77. The average molecular weight is 477 g/mol. The standard InChI is InChI=1S/C26H35F3N4O/c1-17(2)32-11-8-19(9-12-32)14-24(34)31-20-13-18(3)15-33(16-20)23-7-6-22(26(27,28)29)25-21(23)5-4-10-30-25/h4-7,10,17-20H,8-9,11-16H2,1-3H3,(H,31,34)/t18-,20+/m0/s1. The van der Waals surface area contributed by atoms with E-state index in [1.807, 2.05) is 0 Å². The van der Waals surface area contributed by atoms with E-state index in [-0.39, 0.29) is 17.5 Å². The quantitative estimate of drug-likeness (QED) is 0.653. The maximum atomic E-state index is 13.5. The number of anilines is 1. The van der Waals surface area contributed by atoms with Crippen LogP contribution in [-0.4, -0.2) is 54.1 Å². The van der Waals surface area contributed by atoms with Crippen molar-refractivity contribution in [2.24, 2.45) is 11.8 Å². The van der Waals surface area contributed by atoms with Gasteiger partial charge in [0.15, 0.2) is 0 Å². The fourth-order valence-corrected chi connectivity index (χ4v) is 5.54. The number of alkyl halides is 3. The fourth-order valence-electron chi connectivity index (χ4n) is 5.54. The first kappa shape index (κ1) is 24.8. The number of benzene rings is 1. The first-order chi connectivity index (χ1) is 16.1. The smallest absolute Gasteiger partial charge is 0.369 e. The minimum absolute atomic E-state index is 0.0268. The molecule has 186 valence electrons. The van der Waals surface area contributed by atoms with Crippen molar-refractivity contribution in [1.29, 1.82) is 0 Å². The number of halogens is 3. The molecule has 0 spiro atoms. The highest BCUT2D eigenvalue weighted by molar-refractivity contribution is 5.94. The predicted molar refractivity (Wildman–Crippen MR) is 129 cm³/mol. The number of hydrogen-bond acceptors (Lipinski definition) is 4. The van der Waals surface area contributed by atoms with Crippen molar-refractivity contribution < 1.29 is 18.0 Å². The normalized spacial score (nSPS) is 23.0. The first-order valence-electron chi connectivity index (χ1n) is 12.3. The maximum absolute atomic E-state index is 13.5. The Bertz CT molecular complexity index is 1000. The van der Waals surface area contributed by atoms with Crippen LogP contribution in [0.15, 0.2) is 30.5 Å². The number of fused-ring (bicyclic) bond motifs is 1. The molecule has 0 bridgehead atoms. The summed E-state index contributed by atoms with van der Waals surface area (Å²) in [5.74, 6) is 0.806. The molecule has 2 saturated heterocycles. The molecule has 2 atom stereocenters. The number of pyridine rings is 1. The van der Waals surface area contributed by atoms with Crippen molar-refractivity contribution in [2.45, 2.75) is 64.7 Å². The van der Waals surface area contributed by atoms with Crippen LogP contribution < -0.4 is 10.2 Å². The van der Waals surface area contributed by atoms with Gasteiger partial charge in [0.25, 0.3) is 0 Å². The lowest BCUT2D eigenvalue weighted by Gasteiger charge is -2.39. The molecule has 0 saturated carbocycles. The molecule has 2 aliphatic rings. The van der Waals surface area contributed by atoms with Gasteiger partial charge < -0.3 is 15.1 Å². The summed E-state index contributed by atoms with van der Waals surface area (Å²) in [4.78, 5) is 21.4. The van der Waals surface area contributed by atoms with E-state index in [2.05, 4.69) is 40.9 Å². The highest BCUT2D eigenvalue weighted by Crippen LogP contribution is 2.38. The number of aromatic nitrogens is 1. The van der Waals surface area contributed by atoms with Crippen LogP contribution in [0.2, 0.25) is 0 Å². The molecule has 34 heavy (non-hydrogen) atoms. The molecule has 4 rings (SSSR count). The number of carbonyl (C=O) groups is 1. The second kappa shape index (κ2) is 10.1. The largest absolute Gasteiger partial charge is 0.418 e. The van der Waals surface area contributed by atoms with Crippen LogP contribution in [-0.2, 0) is 11.0 Å². The number of amides is 1. The Morgan fingerprint density at radius 1 is 1.18 bits per heavy atom. The van der Waals surface area contributed by atoms with E-state index < -0.39 is 11.7 Å². The van der Waals surface area contributed by atoms with Crippen LogP contribution in [0.5, 0.6) is 0 Å². The molecule has 0 unspecified atom stereocenters. The van der Waals surface area contributed by atoms with Crippen molar-refractivity contribution in [3.63, 3.8) is 0 Å². The number of nitrogens with one attached hydrogen (secondary N) is 1. The van der Waals surface area contributed by atoms with Crippen LogP contribution in [0, 0.1) is 11.8 Å². The van der Waals surface area contributed by atoms with Crippen LogP contribution >= 0.6 is 0 Å². The highest BCUT2D eigenvalue weighted by Gasteiger charge is 2.35. The Balaban J connectivity index is 1.44. The third-order valence-electron chi connectivity index (χ3n) is 7.27. The Morgan fingerprint density at radius 3 is 2.59 bits per heavy atom. The van der Waals surface area contributed by atoms with Crippen LogP contribution in [0.25, 0.3) is 10.9 Å². The molecule has 1 amide bonds. The second-order valence-corrected chi connectivity index (χ2v) is 10.3. The molecule has 0 aliphatic carbocycles. The van der Waals surface area contributed by atoms with Crippen LogP contribution in [0.4, 0.5) is 18.9 Å². The zero-order valence-electron chi connectivity index (χ0n) is 20.2. The van der Waals surface area contributed by atoms with Gasteiger partial charge in [-0.15, -0.1) is 0 Å². The van der Waals surface area contributed by atoms with Gasteiger partial charge in [-0.3, -0.25) is 9.78 Å². The SMILES string of the molecule is CC(C)N1CCC(CC(=O)N[C@@H]2C[C@H](C)CN(c3ccc(C(F)(F)F)c4ncccc34)C2)CC1. The molecule has 1 aromatic heterocycles. The molecule has 3 heterocycles. The minimum Gasteiger partial charge on any atom is -0.369 e. The van der Waals surface area contributed by atoms with Crippen molar-refractivity contribution in [2.75, 3.05) is 31.1 Å². The lowest BCUT2D eigenvalue weighted by molar-refractivity contribution is -0.136. The molecular formula is C26H35F3N4O. The number of carbonyl (C=O) groups excluding carboxylic acids is 1. The molecule has 5 nitrogen and oxygen atoms in total. The van der Waals surface area contributed by atoms with Gasteiger partial charge in [-0.1, -0.05) is 6.92 Å². The minimum atomic E-state index is -4.46. The van der Waals surface area contributed by atoms with Crippen molar-refractivity contribution >= 4 is 22.5 Å². The molecule has 2 aliphatic heterocycles. The summed E-state index contributed by atoms with van der Waals surface area (Å²) in [6, 6.07) is 6.56. The Labute approximate surface area is 199 Å². The summed E-state index contributed by atoms with van der Waals surface area (Å²) in [7, 11) is 0. The molecule has 1 N–H and O–H groups in total. The van der Waals surface area contributed by atoms with Crippen molar-refractivity contribution in [1.82, 2.24) is 15.2 Å². The molecular weight excluding hydrogens is 441 g/mol. The monoisotopic (exact) mass is 476 g/mol. The molecule has 2 fully saturated rings. The van der Waals surface area contributed by atoms with Gasteiger partial charge in [0.05, 0.1) is 11.1 Å². The zero-order valence-corrected chi connectivity index (χ0v) is 20.2. The molecule has 2 aromatic rings. The number of likely N-dealkylation sites (tertiary alicyclic amines) is 1. The van der Waals surface area contributed by atoms with E-state index in [1.54, 1.807) is 18.2 Å². The van der Waals surface area contributed by atoms with Gasteiger partial charge in [-0.25, -0.2) is 0 Å². The van der Waals surface area contributed by atoms with Gasteiger partial charge in [0.1, 0.15) is 0 Å². The van der Waals surface area contributed by atoms with E-state index >= 15 is 0 Å². The van der Waals surface area contributed by atoms with E-state index in [1.165, 1.54) is 6.20 Å². The number of nitrogens with zero attached hydrogens (tertiary/aromatic N) is 3. The number of rotatable bonds is 5. The maximum Gasteiger partial charge on any atom is 0.418 e. The van der Waals surface area contributed by atoms with E-state index in [4.69, 9.17) is 0 Å². The molecule has 0 radical (unpaired) electrons. The lowest BCUT2D eigenvalue weighted by atomic mass is 9.91. The summed E-state index contributed by atoms with van der Waals surface area (Å²) in [6.45, 7) is 9.93. The highest BCUT2D eigenvalue weighted by atomic mass is 19.4. The third kappa shape index (κ3) is 5.65. The topological polar surface area (TPSA) is 48.5 Å². The van der Waals surface area contributed by atoms with E-state index in [0.717, 1.165) is 50.7 Å². The second-order valence-electron chi connectivity index (χ2n) is 10.3. The molecule has 8 heteroatoms. The number of piperidine rings is 2.